The van der Waals surface area contributed by atoms with Crippen molar-refractivity contribution >= 4 is 21.5 Å². The molecule has 7 nitrogen and oxygen atoms in total. The summed E-state index contributed by atoms with van der Waals surface area (Å²) < 4.78 is 23.2. The molecule has 4 N–H and O–H groups in total. The van der Waals surface area contributed by atoms with Gasteiger partial charge in [0.2, 0.25) is 0 Å². The molecule has 2 rings (SSSR count). The van der Waals surface area contributed by atoms with Crippen LogP contribution in [0.4, 0.5) is 11.6 Å². The number of rotatable bonds is 4. The lowest BCUT2D eigenvalue weighted by Crippen LogP contribution is -2.35. The van der Waals surface area contributed by atoms with Crippen molar-refractivity contribution in [1.82, 2.24) is 9.97 Å². The first kappa shape index (κ1) is 14.0. The van der Waals surface area contributed by atoms with Crippen LogP contribution < -0.4 is 16.6 Å². The number of nitrogen functional groups attached to an aromatic ring is 1. The number of anilines is 2. The van der Waals surface area contributed by atoms with E-state index in [1.807, 2.05) is 6.92 Å². The highest BCUT2D eigenvalue weighted by Gasteiger charge is 2.25. The highest BCUT2D eigenvalue weighted by atomic mass is 32.2. The van der Waals surface area contributed by atoms with Crippen molar-refractivity contribution in [3.63, 3.8) is 0 Å². The van der Waals surface area contributed by atoms with Gasteiger partial charge in [-0.1, -0.05) is 6.92 Å². The molecule has 1 aromatic heterocycles. The monoisotopic (exact) mass is 285 g/mol. The average molecular weight is 285 g/mol. The molecule has 0 saturated carbocycles. The number of hydrogen-bond donors (Lipinski definition) is 3. The summed E-state index contributed by atoms with van der Waals surface area (Å²) in [6.07, 6.45) is 3.64. The van der Waals surface area contributed by atoms with Crippen LogP contribution in [0.15, 0.2) is 6.33 Å². The van der Waals surface area contributed by atoms with Crippen LogP contribution >= 0.6 is 0 Å². The molecule has 8 heteroatoms. The van der Waals surface area contributed by atoms with E-state index in [4.69, 9.17) is 5.84 Å². The Morgan fingerprint density at radius 2 is 2.16 bits per heavy atom. The molecule has 1 aliphatic rings. The fraction of sp³-hybridized carbons (Fsp3) is 0.636. The van der Waals surface area contributed by atoms with E-state index in [0.717, 1.165) is 12.0 Å². The summed E-state index contributed by atoms with van der Waals surface area (Å²) in [6, 6.07) is -0.0930. The van der Waals surface area contributed by atoms with Gasteiger partial charge in [0.15, 0.2) is 9.84 Å². The Morgan fingerprint density at radius 3 is 2.79 bits per heavy atom. The van der Waals surface area contributed by atoms with Gasteiger partial charge in [-0.3, -0.25) is 0 Å². The summed E-state index contributed by atoms with van der Waals surface area (Å²) >= 11 is 0. The summed E-state index contributed by atoms with van der Waals surface area (Å²) in [6.45, 7) is 1.97. The van der Waals surface area contributed by atoms with Gasteiger partial charge in [0, 0.05) is 11.6 Å². The largest absolute Gasteiger partial charge is 0.366 e. The molecule has 1 saturated heterocycles. The molecule has 106 valence electrons. The van der Waals surface area contributed by atoms with Crippen LogP contribution in [0.25, 0.3) is 0 Å². The predicted octanol–water partition coefficient (Wildman–Crippen LogP) is 0.314. The lowest BCUT2D eigenvalue weighted by Gasteiger charge is -2.24. The minimum atomic E-state index is -2.93. The van der Waals surface area contributed by atoms with Crippen molar-refractivity contribution in [2.24, 2.45) is 5.84 Å². The van der Waals surface area contributed by atoms with Crippen LogP contribution in [0.3, 0.4) is 0 Å². The maximum Gasteiger partial charge on any atom is 0.152 e. The third kappa shape index (κ3) is 3.32. The zero-order chi connectivity index (χ0) is 13.9. The molecule has 0 amide bonds. The fourth-order valence-corrected chi connectivity index (χ4v) is 3.96. The molecule has 0 radical (unpaired) electrons. The van der Waals surface area contributed by atoms with Gasteiger partial charge in [-0.25, -0.2) is 24.2 Å². The summed E-state index contributed by atoms with van der Waals surface area (Å²) in [4.78, 5) is 8.23. The molecular weight excluding hydrogens is 266 g/mol. The van der Waals surface area contributed by atoms with Crippen LogP contribution in [-0.2, 0) is 16.3 Å². The highest BCUT2D eigenvalue weighted by Crippen LogP contribution is 2.23. The molecule has 1 fully saturated rings. The number of nitrogens with one attached hydrogen (secondary N) is 2. The second-order valence-electron chi connectivity index (χ2n) is 4.65. The van der Waals surface area contributed by atoms with E-state index in [0.29, 0.717) is 24.5 Å². The van der Waals surface area contributed by atoms with Crippen LogP contribution in [0.5, 0.6) is 0 Å². The second-order valence-corrected chi connectivity index (χ2v) is 6.87. The van der Waals surface area contributed by atoms with Crippen molar-refractivity contribution in [2.45, 2.75) is 32.2 Å². The molecule has 1 unspecified atom stereocenters. The summed E-state index contributed by atoms with van der Waals surface area (Å²) in [5.41, 5.74) is 3.40. The van der Waals surface area contributed by atoms with Crippen molar-refractivity contribution in [2.75, 3.05) is 22.2 Å². The van der Waals surface area contributed by atoms with Crippen LogP contribution in [0.2, 0.25) is 0 Å². The van der Waals surface area contributed by atoms with E-state index in [1.54, 1.807) is 0 Å². The van der Waals surface area contributed by atoms with Crippen LogP contribution in [0.1, 0.15) is 25.3 Å². The Labute approximate surface area is 112 Å². The van der Waals surface area contributed by atoms with E-state index in [2.05, 4.69) is 20.7 Å². The minimum absolute atomic E-state index is 0.0930. The summed E-state index contributed by atoms with van der Waals surface area (Å²) in [5, 5.41) is 3.20. The van der Waals surface area contributed by atoms with E-state index in [1.165, 1.54) is 6.33 Å². The van der Waals surface area contributed by atoms with Gasteiger partial charge in [0.25, 0.3) is 0 Å². The van der Waals surface area contributed by atoms with Gasteiger partial charge >= 0.3 is 0 Å². The lowest BCUT2D eigenvalue weighted by atomic mass is 10.1. The predicted molar refractivity (Wildman–Crippen MR) is 74.5 cm³/mol. The molecular formula is C11H19N5O2S. The Balaban J connectivity index is 2.19. The lowest BCUT2D eigenvalue weighted by molar-refractivity contribution is 0.561. The maximum atomic E-state index is 11.6. The summed E-state index contributed by atoms with van der Waals surface area (Å²) in [5.74, 6) is 7.08. The molecule has 2 heterocycles. The number of nitrogens with zero attached hydrogens (tertiary/aromatic N) is 2. The van der Waals surface area contributed by atoms with E-state index in [-0.39, 0.29) is 17.5 Å². The zero-order valence-electron chi connectivity index (χ0n) is 10.9. The third-order valence-corrected chi connectivity index (χ3v) is 5.06. The Bertz CT molecular complexity index is 546. The molecule has 1 aromatic rings. The van der Waals surface area contributed by atoms with Crippen molar-refractivity contribution in [3.8, 4) is 0 Å². The molecule has 0 aromatic carbocycles. The molecule has 1 atom stereocenters. The van der Waals surface area contributed by atoms with Gasteiger partial charge in [0.05, 0.1) is 11.5 Å². The van der Waals surface area contributed by atoms with Crippen molar-refractivity contribution < 1.29 is 8.42 Å². The first-order valence-corrected chi connectivity index (χ1v) is 8.15. The number of hydrazine groups is 1. The van der Waals surface area contributed by atoms with Gasteiger partial charge in [-0.15, -0.1) is 0 Å². The first-order valence-electron chi connectivity index (χ1n) is 6.33. The highest BCUT2D eigenvalue weighted by molar-refractivity contribution is 7.91. The normalized spacial score (nSPS) is 21.9. The smallest absolute Gasteiger partial charge is 0.152 e. The molecule has 0 spiro atoms. The minimum Gasteiger partial charge on any atom is -0.366 e. The first-order chi connectivity index (χ1) is 9.05. The topological polar surface area (TPSA) is 110 Å². The second kappa shape index (κ2) is 5.70. The van der Waals surface area contributed by atoms with Gasteiger partial charge in [-0.2, -0.15) is 0 Å². The Morgan fingerprint density at radius 1 is 1.42 bits per heavy atom. The third-order valence-electron chi connectivity index (χ3n) is 3.24. The maximum absolute atomic E-state index is 11.6. The summed E-state index contributed by atoms with van der Waals surface area (Å²) in [7, 11) is -2.93. The molecule has 0 bridgehead atoms. The van der Waals surface area contributed by atoms with Crippen LogP contribution in [0, 0.1) is 0 Å². The van der Waals surface area contributed by atoms with Crippen LogP contribution in [-0.4, -0.2) is 35.9 Å². The quantitative estimate of drug-likeness (QED) is 0.539. The zero-order valence-corrected chi connectivity index (χ0v) is 11.7. The molecule has 1 aliphatic heterocycles. The molecule has 19 heavy (non-hydrogen) atoms. The van der Waals surface area contributed by atoms with Gasteiger partial charge in [0.1, 0.15) is 18.0 Å². The van der Waals surface area contributed by atoms with Crippen molar-refractivity contribution in [3.05, 3.63) is 11.9 Å². The number of aromatic nitrogens is 2. The Hall–Kier alpha value is -1.41. The van der Waals surface area contributed by atoms with Gasteiger partial charge < -0.3 is 10.7 Å². The number of sulfone groups is 1. The average Bonchev–Trinajstić information content (AvgIpc) is 2.37. The fourth-order valence-electron chi connectivity index (χ4n) is 2.33. The number of hydrogen-bond acceptors (Lipinski definition) is 7. The van der Waals surface area contributed by atoms with E-state index in [9.17, 15) is 8.42 Å². The number of nitrogens with two attached hydrogens (primary N) is 1. The SMILES string of the molecule is CCc1c(NN)ncnc1NC1CCCS(=O)(=O)C1. The van der Waals surface area contributed by atoms with Gasteiger partial charge in [-0.05, 0) is 19.3 Å². The standard InChI is InChI=1S/C11H19N5O2S/c1-2-9-10(13-7-14-11(9)16-12)15-8-4-3-5-19(17,18)6-8/h7-8H,2-6,12H2,1H3,(H2,13,14,15,16). The molecule has 0 aliphatic carbocycles. The van der Waals surface area contributed by atoms with E-state index < -0.39 is 9.84 Å². The van der Waals surface area contributed by atoms with Crippen molar-refractivity contribution in [1.29, 1.82) is 0 Å². The Kier molecular flexibility index (Phi) is 4.20. The van der Waals surface area contributed by atoms with E-state index >= 15 is 0 Å².